The number of sulfonamides is 1. The van der Waals surface area contributed by atoms with E-state index in [4.69, 9.17) is 9.47 Å². The zero-order valence-electron chi connectivity index (χ0n) is 24.4. The molecule has 1 N–H and O–H groups in total. The minimum atomic E-state index is -3.44. The van der Waals surface area contributed by atoms with Crippen LogP contribution in [-0.4, -0.2) is 19.7 Å². The fourth-order valence-corrected chi connectivity index (χ4v) is 5.86. The molecule has 44 heavy (non-hydrogen) atoms. The maximum absolute atomic E-state index is 12.0. The zero-order chi connectivity index (χ0) is 30.9. The highest BCUT2D eigenvalue weighted by Crippen LogP contribution is 2.31. The molecular weight excluding hydrogens is 593 g/mol. The van der Waals surface area contributed by atoms with Gasteiger partial charge in [-0.25, -0.2) is 8.42 Å². The van der Waals surface area contributed by atoms with Crippen LogP contribution in [0.15, 0.2) is 103 Å². The number of nitriles is 1. The molecule has 0 saturated heterocycles. The number of aromatic nitrogens is 1. The quantitative estimate of drug-likeness (QED) is 0.145. The normalized spacial score (nSPS) is 11.1. The van der Waals surface area contributed by atoms with E-state index in [0.717, 1.165) is 44.8 Å². The first-order valence-electron chi connectivity index (χ1n) is 13.9. The van der Waals surface area contributed by atoms with Gasteiger partial charge in [0.05, 0.1) is 47.2 Å². The van der Waals surface area contributed by atoms with Crippen LogP contribution in [0, 0.1) is 18.3 Å². The van der Waals surface area contributed by atoms with E-state index in [1.165, 1.54) is 0 Å². The van der Waals surface area contributed by atoms with Gasteiger partial charge in [-0.3, -0.25) is 9.71 Å². The van der Waals surface area contributed by atoms with Gasteiger partial charge in [0, 0.05) is 25.0 Å². The van der Waals surface area contributed by atoms with Crippen LogP contribution in [0.1, 0.15) is 32.7 Å². The van der Waals surface area contributed by atoms with Crippen LogP contribution in [0.25, 0.3) is 0 Å². The number of nitrogens with one attached hydrogen (secondary N) is 1. The smallest absolute Gasteiger partial charge is 0.229 e. The predicted molar refractivity (Wildman–Crippen MR) is 174 cm³/mol. The van der Waals surface area contributed by atoms with Gasteiger partial charge in [-0.15, -0.1) is 11.3 Å². The van der Waals surface area contributed by atoms with Crippen molar-refractivity contribution in [2.45, 2.75) is 33.2 Å². The minimum Gasteiger partial charge on any atom is -0.457 e. The molecule has 0 aliphatic rings. The Kier molecular flexibility index (Phi) is 9.92. The van der Waals surface area contributed by atoms with Gasteiger partial charge in [0.1, 0.15) is 11.5 Å². The maximum Gasteiger partial charge on any atom is 0.229 e. The first-order chi connectivity index (χ1) is 21.3. The molecule has 224 valence electrons. The summed E-state index contributed by atoms with van der Waals surface area (Å²) >= 11 is 1.57. The van der Waals surface area contributed by atoms with E-state index in [1.807, 2.05) is 85.9 Å². The summed E-state index contributed by atoms with van der Waals surface area (Å²) in [5.41, 5.74) is 7.75. The van der Waals surface area contributed by atoms with Gasteiger partial charge in [-0.2, -0.15) is 5.26 Å². The number of hydrogen-bond acceptors (Lipinski definition) is 8. The molecule has 0 atom stereocenters. The summed E-state index contributed by atoms with van der Waals surface area (Å²) in [4.78, 5) is 7.35. The Bertz CT molecular complexity index is 1830. The molecule has 5 rings (SSSR count). The summed E-state index contributed by atoms with van der Waals surface area (Å²) < 4.78 is 38.5. The van der Waals surface area contributed by atoms with Gasteiger partial charge in [0.2, 0.25) is 10.0 Å². The van der Waals surface area contributed by atoms with Crippen molar-refractivity contribution >= 4 is 32.7 Å². The largest absolute Gasteiger partial charge is 0.457 e. The van der Waals surface area contributed by atoms with Crippen molar-refractivity contribution in [3.8, 4) is 17.6 Å². The van der Waals surface area contributed by atoms with Crippen LogP contribution in [0.3, 0.4) is 0 Å². The van der Waals surface area contributed by atoms with Gasteiger partial charge in [-0.1, -0.05) is 42.5 Å². The van der Waals surface area contributed by atoms with Crippen molar-refractivity contribution in [1.29, 1.82) is 5.26 Å². The number of rotatable bonds is 13. The third-order valence-electron chi connectivity index (χ3n) is 6.83. The Morgan fingerprint density at radius 2 is 1.59 bits per heavy atom. The molecule has 0 amide bonds. The molecule has 0 aliphatic heterocycles. The van der Waals surface area contributed by atoms with Crippen molar-refractivity contribution in [2.24, 2.45) is 0 Å². The van der Waals surface area contributed by atoms with E-state index in [9.17, 15) is 13.7 Å². The Hall–Kier alpha value is -4.69. The minimum absolute atomic E-state index is 0.476. The van der Waals surface area contributed by atoms with Crippen molar-refractivity contribution in [2.75, 3.05) is 15.9 Å². The number of thiazole rings is 1. The SMILES string of the molecule is Cc1c(NS(C)(=O)=O)cccc1N(Cc1ccc(C#N)cc1)Cc1ccc(Oc2cccc(COCc3cncs3)c2)cc1. The number of ether oxygens (including phenoxy) is 2. The van der Waals surface area contributed by atoms with Crippen molar-refractivity contribution < 1.29 is 17.9 Å². The van der Waals surface area contributed by atoms with Crippen LogP contribution in [-0.2, 0) is 41.1 Å². The monoisotopic (exact) mass is 624 g/mol. The van der Waals surface area contributed by atoms with E-state index in [0.29, 0.717) is 43.3 Å². The number of anilines is 2. The third-order valence-corrected chi connectivity index (χ3v) is 8.17. The predicted octanol–water partition coefficient (Wildman–Crippen LogP) is 7.41. The summed E-state index contributed by atoms with van der Waals surface area (Å²) in [6.45, 7) is 4.03. The second kappa shape index (κ2) is 14.2. The van der Waals surface area contributed by atoms with Crippen molar-refractivity contribution in [3.05, 3.63) is 135 Å². The van der Waals surface area contributed by atoms with Crippen LogP contribution in [0.4, 0.5) is 11.4 Å². The molecule has 4 aromatic carbocycles. The molecule has 5 aromatic rings. The molecule has 0 spiro atoms. The lowest BCUT2D eigenvalue weighted by atomic mass is 10.1. The summed E-state index contributed by atoms with van der Waals surface area (Å²) in [6.07, 6.45) is 2.96. The van der Waals surface area contributed by atoms with Crippen LogP contribution in [0.5, 0.6) is 11.5 Å². The average Bonchev–Trinajstić information content (AvgIpc) is 3.53. The molecule has 0 radical (unpaired) electrons. The van der Waals surface area contributed by atoms with Crippen LogP contribution < -0.4 is 14.4 Å². The zero-order valence-corrected chi connectivity index (χ0v) is 26.1. The molecule has 1 heterocycles. The van der Waals surface area contributed by atoms with E-state index < -0.39 is 10.0 Å². The Labute approximate surface area is 262 Å². The molecule has 0 unspecified atom stereocenters. The summed E-state index contributed by atoms with van der Waals surface area (Å²) in [6, 6.07) is 31.0. The van der Waals surface area contributed by atoms with E-state index >= 15 is 0 Å². The first kappa shape index (κ1) is 30.8. The van der Waals surface area contributed by atoms with Crippen molar-refractivity contribution in [3.63, 3.8) is 0 Å². The fraction of sp³-hybridized carbons (Fsp3) is 0.176. The van der Waals surface area contributed by atoms with Crippen LogP contribution >= 0.6 is 11.3 Å². The topological polar surface area (TPSA) is 105 Å². The number of benzene rings is 4. The molecule has 0 saturated carbocycles. The van der Waals surface area contributed by atoms with Crippen LogP contribution in [0.2, 0.25) is 0 Å². The lowest BCUT2D eigenvalue weighted by Crippen LogP contribution is -2.23. The van der Waals surface area contributed by atoms with Gasteiger partial charge in [-0.05, 0) is 77.7 Å². The summed E-state index contributed by atoms with van der Waals surface area (Å²) in [7, 11) is -3.44. The maximum atomic E-state index is 12.0. The molecule has 1 aromatic heterocycles. The molecule has 8 nitrogen and oxygen atoms in total. The summed E-state index contributed by atoms with van der Waals surface area (Å²) in [5.74, 6) is 1.44. The molecule has 0 bridgehead atoms. The Balaban J connectivity index is 1.31. The Morgan fingerprint density at radius 3 is 2.25 bits per heavy atom. The standard InChI is InChI=1S/C34H32N4O4S2/c1-25-33(37-44(2,39)40)7-4-8-34(25)38(20-27-11-9-26(18-35)10-12-27)21-28-13-15-30(16-14-28)42-31-6-3-5-29(17-31)22-41-23-32-19-36-24-43-32/h3-17,19,24,37H,20-23H2,1-2H3. The van der Waals surface area contributed by atoms with Gasteiger partial charge in [0.25, 0.3) is 0 Å². The lowest BCUT2D eigenvalue weighted by molar-refractivity contribution is 0.109. The molecule has 10 heteroatoms. The molecule has 0 fully saturated rings. The van der Waals surface area contributed by atoms with E-state index in [-0.39, 0.29) is 0 Å². The lowest BCUT2D eigenvalue weighted by Gasteiger charge is -2.28. The second-order valence-corrected chi connectivity index (χ2v) is 13.1. The van der Waals surface area contributed by atoms with Crippen molar-refractivity contribution in [1.82, 2.24) is 4.98 Å². The molecular formula is C34H32N4O4S2. The third kappa shape index (κ3) is 8.67. The second-order valence-electron chi connectivity index (χ2n) is 10.3. The molecule has 0 aliphatic carbocycles. The van der Waals surface area contributed by atoms with E-state index in [2.05, 4.69) is 20.7 Å². The van der Waals surface area contributed by atoms with Gasteiger partial charge in [0.15, 0.2) is 0 Å². The highest BCUT2D eigenvalue weighted by Gasteiger charge is 2.15. The van der Waals surface area contributed by atoms with E-state index in [1.54, 1.807) is 35.0 Å². The average molecular weight is 625 g/mol. The fourth-order valence-electron chi connectivity index (χ4n) is 4.71. The summed E-state index contributed by atoms with van der Waals surface area (Å²) in [5, 5.41) is 9.20. The first-order valence-corrected chi connectivity index (χ1v) is 16.6. The Morgan fingerprint density at radius 1 is 0.886 bits per heavy atom. The van der Waals surface area contributed by atoms with Gasteiger partial charge >= 0.3 is 0 Å². The van der Waals surface area contributed by atoms with Gasteiger partial charge < -0.3 is 14.4 Å². The number of nitrogens with zero attached hydrogens (tertiary/aromatic N) is 3. The highest BCUT2D eigenvalue weighted by atomic mass is 32.2. The highest BCUT2D eigenvalue weighted by molar-refractivity contribution is 7.92. The number of hydrogen-bond donors (Lipinski definition) is 1.